The number of alkyl halides is 8. The molecular weight excluding hydrogens is 502 g/mol. The van der Waals surface area contributed by atoms with Crippen LogP contribution in [0.1, 0.15) is 22.6 Å². The number of carbonyl (C=O) groups is 1. The largest absolute Gasteiger partial charge is 0.459 e. The van der Waals surface area contributed by atoms with Gasteiger partial charge in [-0.1, -0.05) is 0 Å². The maximum Gasteiger partial charge on any atom is 0.459 e. The zero-order valence-electron chi connectivity index (χ0n) is 16.9. The highest BCUT2D eigenvalue weighted by molar-refractivity contribution is 7.12. The number of hydrogen-bond donors (Lipinski definition) is 4. The molecule has 0 bridgehead atoms. The van der Waals surface area contributed by atoms with Gasteiger partial charge in [0.25, 0.3) is 5.91 Å². The quantitative estimate of drug-likeness (QED) is 0.255. The molecule has 0 atom stereocenters. The number of nitrogens with one attached hydrogen (secondary N) is 3. The Hall–Kier alpha value is -3.08. The number of carbonyl (C=O) groups excluding carboxylic acids is 1. The van der Waals surface area contributed by atoms with Crippen LogP contribution in [-0.4, -0.2) is 57.4 Å². The Bertz CT molecular complexity index is 1140. The Morgan fingerprint density at radius 1 is 1.21 bits per heavy atom. The number of rotatable bonds is 7. The summed E-state index contributed by atoms with van der Waals surface area (Å²) >= 11 is 0.884. The van der Waals surface area contributed by atoms with Crippen LogP contribution in [0.5, 0.6) is 0 Å². The molecule has 5 N–H and O–H groups in total. The zero-order chi connectivity index (χ0) is 25.7. The van der Waals surface area contributed by atoms with Gasteiger partial charge in [0, 0.05) is 24.2 Å². The first-order valence-corrected chi connectivity index (χ1v) is 10.0. The molecule has 1 saturated carbocycles. The van der Waals surface area contributed by atoms with Gasteiger partial charge in [-0.05, 0) is 12.8 Å². The molecule has 8 nitrogen and oxygen atoms in total. The molecule has 1 aliphatic rings. The molecular formula is C17H15F8N7OS. The molecule has 2 aromatic rings. The van der Waals surface area contributed by atoms with E-state index in [4.69, 9.17) is 11.1 Å². The molecule has 1 aliphatic carbocycles. The van der Waals surface area contributed by atoms with Gasteiger partial charge >= 0.3 is 18.3 Å². The van der Waals surface area contributed by atoms with E-state index in [1.54, 1.807) is 0 Å². The summed E-state index contributed by atoms with van der Waals surface area (Å²) in [7, 11) is 0.827. The van der Waals surface area contributed by atoms with Gasteiger partial charge in [-0.3, -0.25) is 10.2 Å². The predicted molar refractivity (Wildman–Crippen MR) is 104 cm³/mol. The molecule has 1 amide bonds. The predicted octanol–water partition coefficient (Wildman–Crippen LogP) is 3.35. The summed E-state index contributed by atoms with van der Waals surface area (Å²) < 4.78 is 106. The first-order valence-electron chi connectivity index (χ1n) is 9.15. The monoisotopic (exact) mass is 517 g/mol. The molecule has 0 aromatic carbocycles. The number of amides is 1. The minimum absolute atomic E-state index is 0.0209. The van der Waals surface area contributed by atoms with E-state index in [0.29, 0.717) is 17.5 Å². The maximum absolute atomic E-state index is 13.6. The van der Waals surface area contributed by atoms with Crippen molar-refractivity contribution in [2.45, 2.75) is 36.8 Å². The Balaban J connectivity index is 1.99. The van der Waals surface area contributed by atoms with E-state index in [9.17, 15) is 39.9 Å². The fourth-order valence-electron chi connectivity index (χ4n) is 2.67. The first-order chi connectivity index (χ1) is 15.5. The highest BCUT2D eigenvalue weighted by atomic mass is 32.1. The topological polar surface area (TPSA) is 122 Å². The Morgan fingerprint density at radius 2 is 1.82 bits per heavy atom. The third kappa shape index (κ3) is 4.89. The van der Waals surface area contributed by atoms with Crippen LogP contribution in [0.15, 0.2) is 23.3 Å². The van der Waals surface area contributed by atoms with Gasteiger partial charge in [0.1, 0.15) is 17.1 Å². The first kappa shape index (κ1) is 25.5. The second-order valence-electron chi connectivity index (χ2n) is 7.24. The normalized spacial score (nSPS) is 16.6. The molecule has 0 radical (unpaired) electrons. The number of nitrogens with zero attached hydrogens (tertiary/aromatic N) is 3. The Kier molecular flexibility index (Phi) is 6.23. The van der Waals surface area contributed by atoms with Crippen molar-refractivity contribution >= 4 is 28.8 Å². The lowest BCUT2D eigenvalue weighted by molar-refractivity contribution is -0.250. The third-order valence-corrected chi connectivity index (χ3v) is 5.48. The van der Waals surface area contributed by atoms with Crippen molar-refractivity contribution in [3.8, 4) is 11.3 Å². The molecule has 2 aromatic heterocycles. The number of halogens is 8. The minimum atomic E-state index is -6.44. The third-order valence-electron chi connectivity index (χ3n) is 4.63. The minimum Gasteiger partial charge on any atom is -0.373 e. The molecule has 0 unspecified atom stereocenters. The Morgan fingerprint density at radius 3 is 2.32 bits per heavy atom. The van der Waals surface area contributed by atoms with Gasteiger partial charge in [-0.2, -0.15) is 40.2 Å². The SMILES string of the molecule is CN/C(=C(\C(=N)C(F)(F)C(F)(F)F)C(F)(F)F)n1cc(-c2csc(C(=O)NC3(N)CC3)n2)cn1. The summed E-state index contributed by atoms with van der Waals surface area (Å²) in [6.07, 6.45) is -9.24. The van der Waals surface area contributed by atoms with Gasteiger partial charge < -0.3 is 16.4 Å². The van der Waals surface area contributed by atoms with Crippen molar-refractivity contribution in [2.24, 2.45) is 5.73 Å². The second kappa shape index (κ2) is 8.30. The fraction of sp³-hybridized carbons (Fsp3) is 0.412. The second-order valence-corrected chi connectivity index (χ2v) is 8.10. The van der Waals surface area contributed by atoms with E-state index in [-0.39, 0.29) is 16.3 Å². The molecule has 17 heteroatoms. The lowest BCUT2D eigenvalue weighted by Gasteiger charge is -2.25. The number of aromatic nitrogens is 3. The molecule has 0 spiro atoms. The van der Waals surface area contributed by atoms with Crippen molar-refractivity contribution in [1.29, 1.82) is 5.41 Å². The van der Waals surface area contributed by atoms with Crippen LogP contribution in [0.25, 0.3) is 17.1 Å². The molecule has 2 heterocycles. The van der Waals surface area contributed by atoms with Crippen molar-refractivity contribution in [2.75, 3.05) is 7.05 Å². The molecule has 34 heavy (non-hydrogen) atoms. The summed E-state index contributed by atoms with van der Waals surface area (Å²) in [6.45, 7) is 0. The highest BCUT2D eigenvalue weighted by Gasteiger charge is 2.64. The number of thiazole rings is 1. The van der Waals surface area contributed by atoms with Crippen LogP contribution in [0.2, 0.25) is 0 Å². The van der Waals surface area contributed by atoms with Crippen molar-refractivity contribution in [1.82, 2.24) is 25.4 Å². The van der Waals surface area contributed by atoms with Crippen molar-refractivity contribution in [3.05, 3.63) is 28.4 Å². The fourth-order valence-corrected chi connectivity index (χ4v) is 3.40. The summed E-state index contributed by atoms with van der Waals surface area (Å²) in [6, 6.07) is 0. The lowest BCUT2D eigenvalue weighted by atomic mass is 10.0. The van der Waals surface area contributed by atoms with Gasteiger partial charge in [0.15, 0.2) is 5.01 Å². The van der Waals surface area contributed by atoms with E-state index >= 15 is 0 Å². The molecule has 1 fully saturated rings. The summed E-state index contributed by atoms with van der Waals surface area (Å²) in [4.78, 5) is 16.2. The smallest absolute Gasteiger partial charge is 0.373 e. The van der Waals surface area contributed by atoms with Crippen molar-refractivity contribution < 1.29 is 39.9 Å². The highest BCUT2D eigenvalue weighted by Crippen LogP contribution is 2.42. The summed E-state index contributed by atoms with van der Waals surface area (Å²) in [5.41, 5.74) is -0.512. The zero-order valence-corrected chi connectivity index (χ0v) is 17.7. The summed E-state index contributed by atoms with van der Waals surface area (Å²) in [5, 5.41) is 16.4. The van der Waals surface area contributed by atoms with Gasteiger partial charge in [0.05, 0.1) is 17.6 Å². The average Bonchev–Trinajstić information content (AvgIpc) is 3.13. The van der Waals surface area contributed by atoms with E-state index in [1.807, 2.05) is 5.32 Å². The van der Waals surface area contributed by atoms with E-state index < -0.39 is 47.0 Å². The van der Waals surface area contributed by atoms with E-state index in [2.05, 4.69) is 15.4 Å². The average molecular weight is 517 g/mol. The Labute approximate surface area is 189 Å². The van der Waals surface area contributed by atoms with Crippen LogP contribution in [0.3, 0.4) is 0 Å². The van der Waals surface area contributed by atoms with Crippen LogP contribution < -0.4 is 16.4 Å². The van der Waals surface area contributed by atoms with E-state index in [0.717, 1.165) is 30.8 Å². The summed E-state index contributed by atoms with van der Waals surface area (Å²) in [5.74, 6) is -8.02. The molecule has 186 valence electrons. The molecule has 0 aliphatic heterocycles. The van der Waals surface area contributed by atoms with Crippen molar-refractivity contribution in [3.63, 3.8) is 0 Å². The van der Waals surface area contributed by atoms with Crippen LogP contribution >= 0.6 is 11.3 Å². The maximum atomic E-state index is 13.6. The standard InChI is InChI=1S/C17H15F8N7OS/c1-28-11(9(16(20,21)22)10(26)15(18,19)17(23,24)25)32-5-7(4-29-32)8-6-34-13(30-8)12(33)31-14(27)2-3-14/h4-6,26,28H,2-3,27H2,1H3,(H,31,33)/b11-9-,26-10?. The molecule has 0 saturated heterocycles. The van der Waals surface area contributed by atoms with Crippen LogP contribution in [0, 0.1) is 5.41 Å². The number of allylic oxidation sites excluding steroid dienone is 1. The van der Waals surface area contributed by atoms with E-state index in [1.165, 1.54) is 5.38 Å². The van der Waals surface area contributed by atoms with Crippen LogP contribution in [-0.2, 0) is 0 Å². The van der Waals surface area contributed by atoms with Gasteiger partial charge in [-0.25, -0.2) is 9.67 Å². The molecule has 3 rings (SSSR count). The van der Waals surface area contributed by atoms with Gasteiger partial charge in [0.2, 0.25) is 0 Å². The lowest BCUT2D eigenvalue weighted by Crippen LogP contribution is -2.47. The van der Waals surface area contributed by atoms with Gasteiger partial charge in [-0.15, -0.1) is 11.3 Å². The number of nitrogens with two attached hydrogens (primary N) is 1. The van der Waals surface area contributed by atoms with Crippen LogP contribution in [0.4, 0.5) is 35.1 Å². The number of hydrogen-bond acceptors (Lipinski definition) is 7.